The lowest BCUT2D eigenvalue weighted by molar-refractivity contribution is -0.183. The van der Waals surface area contributed by atoms with Crippen molar-refractivity contribution in [3.8, 4) is 0 Å². The van der Waals surface area contributed by atoms with Crippen LogP contribution in [0.4, 0.5) is 0 Å². The van der Waals surface area contributed by atoms with Gasteiger partial charge in [-0.05, 0) is 51.4 Å². The van der Waals surface area contributed by atoms with E-state index in [4.69, 9.17) is 4.74 Å². The second-order valence-electron chi connectivity index (χ2n) is 11.5. The highest BCUT2D eigenvalue weighted by Gasteiger charge is 2.68. The van der Waals surface area contributed by atoms with Crippen LogP contribution in [0.2, 0.25) is 0 Å². The van der Waals surface area contributed by atoms with Crippen LogP contribution in [0.1, 0.15) is 94.4 Å². The van der Waals surface area contributed by atoms with E-state index < -0.39 is 52.0 Å². The van der Waals surface area contributed by atoms with Gasteiger partial charge >= 0.3 is 5.97 Å². The van der Waals surface area contributed by atoms with E-state index in [0.717, 1.165) is 0 Å². The summed E-state index contributed by atoms with van der Waals surface area (Å²) in [7, 11) is 0. The molecule has 0 bridgehead atoms. The van der Waals surface area contributed by atoms with Crippen molar-refractivity contribution >= 4 is 29.1 Å². The second kappa shape index (κ2) is 10.8. The Kier molecular flexibility index (Phi) is 9.55. The average Bonchev–Trinajstić information content (AvgIpc) is 2.83. The van der Waals surface area contributed by atoms with Crippen LogP contribution in [0.15, 0.2) is 0 Å². The Morgan fingerprint density at radius 3 is 1.88 bits per heavy atom. The Bertz CT molecular complexity index is 740. The summed E-state index contributed by atoms with van der Waals surface area (Å²) in [6.07, 6.45) is 1.36. The molecular weight excluding hydrogens is 408 g/mol. The molecule has 3 atom stereocenters. The molecule has 1 fully saturated rings. The van der Waals surface area contributed by atoms with Gasteiger partial charge in [0.1, 0.15) is 5.92 Å². The smallest absolute Gasteiger partial charge is 0.312 e. The molecule has 0 aromatic carbocycles. The Morgan fingerprint density at radius 2 is 1.44 bits per heavy atom. The van der Waals surface area contributed by atoms with Crippen LogP contribution < -0.4 is 0 Å². The summed E-state index contributed by atoms with van der Waals surface area (Å²) < 4.78 is 5.76. The number of Topliss-reactive ketones (excluding diaryl/α,β-unsaturated/α-hetero) is 4. The first-order valence-electron chi connectivity index (χ1n) is 11.9. The van der Waals surface area contributed by atoms with Gasteiger partial charge in [0.15, 0.2) is 17.3 Å². The topological polar surface area (TPSA) is 94.6 Å². The molecule has 0 aliphatic heterocycles. The van der Waals surface area contributed by atoms with Crippen molar-refractivity contribution in [3.05, 3.63) is 0 Å². The molecule has 1 rings (SSSR count). The highest BCUT2D eigenvalue weighted by Crippen LogP contribution is 2.44. The van der Waals surface area contributed by atoms with Gasteiger partial charge in [-0.2, -0.15) is 0 Å². The van der Waals surface area contributed by atoms with Gasteiger partial charge in [-0.15, -0.1) is 0 Å². The molecule has 0 heterocycles. The van der Waals surface area contributed by atoms with Gasteiger partial charge in [0.2, 0.25) is 11.4 Å². The second-order valence-corrected chi connectivity index (χ2v) is 11.5. The first-order chi connectivity index (χ1) is 14.6. The largest absolute Gasteiger partial charge is 0.442 e. The van der Waals surface area contributed by atoms with Crippen molar-refractivity contribution in [1.82, 2.24) is 0 Å². The molecule has 0 aromatic rings. The SMILES string of the molecule is CC(C)CCC(=O)[C@@]1(OC(=O)C(C)(C)C)C(=O)C(C(=O)CC(C)C)C(=O)[C@@H]1CCC(C)C. The number of hydrogen-bond donors (Lipinski definition) is 0. The van der Waals surface area contributed by atoms with E-state index in [-0.39, 0.29) is 37.0 Å². The van der Waals surface area contributed by atoms with E-state index >= 15 is 0 Å². The zero-order valence-electron chi connectivity index (χ0n) is 21.4. The molecule has 0 N–H and O–H groups in total. The minimum Gasteiger partial charge on any atom is -0.442 e. The molecule has 6 nitrogen and oxygen atoms in total. The van der Waals surface area contributed by atoms with E-state index in [1.54, 1.807) is 20.8 Å². The Morgan fingerprint density at radius 1 is 0.906 bits per heavy atom. The number of ketones is 4. The van der Waals surface area contributed by atoms with Crippen molar-refractivity contribution in [2.75, 3.05) is 0 Å². The maximum absolute atomic E-state index is 13.7. The Labute approximate surface area is 193 Å². The first kappa shape index (κ1) is 28.2. The molecule has 32 heavy (non-hydrogen) atoms. The molecular formula is C26H42O6. The molecule has 6 heteroatoms. The van der Waals surface area contributed by atoms with Gasteiger partial charge in [-0.25, -0.2) is 0 Å². The van der Waals surface area contributed by atoms with Crippen molar-refractivity contribution in [3.63, 3.8) is 0 Å². The molecule has 0 saturated heterocycles. The van der Waals surface area contributed by atoms with E-state index in [0.29, 0.717) is 12.8 Å². The molecule has 0 radical (unpaired) electrons. The van der Waals surface area contributed by atoms with Crippen molar-refractivity contribution < 1.29 is 28.7 Å². The third-order valence-corrected chi connectivity index (χ3v) is 5.94. The summed E-state index contributed by atoms with van der Waals surface area (Å²) in [5.41, 5.74) is -3.18. The van der Waals surface area contributed by atoms with Crippen LogP contribution in [0.3, 0.4) is 0 Å². The molecule has 1 aliphatic rings. The van der Waals surface area contributed by atoms with Crippen LogP contribution in [0.5, 0.6) is 0 Å². The zero-order chi connectivity index (χ0) is 25.0. The summed E-state index contributed by atoms with van der Waals surface area (Å²) in [6, 6.07) is 0. The van der Waals surface area contributed by atoms with E-state index in [2.05, 4.69) is 0 Å². The number of rotatable bonds is 11. The van der Waals surface area contributed by atoms with Crippen molar-refractivity contribution in [2.45, 2.75) is 100 Å². The predicted molar refractivity (Wildman–Crippen MR) is 123 cm³/mol. The highest BCUT2D eigenvalue weighted by atomic mass is 16.6. The fourth-order valence-electron chi connectivity index (χ4n) is 4.00. The average molecular weight is 451 g/mol. The summed E-state index contributed by atoms with van der Waals surface area (Å²) in [5, 5.41) is 0. The van der Waals surface area contributed by atoms with Gasteiger partial charge in [-0.1, -0.05) is 48.0 Å². The third-order valence-electron chi connectivity index (χ3n) is 5.94. The lowest BCUT2D eigenvalue weighted by atomic mass is 9.79. The van der Waals surface area contributed by atoms with Crippen LogP contribution in [0.25, 0.3) is 0 Å². The fraction of sp³-hybridized carbons (Fsp3) is 0.808. The number of hydrogen-bond acceptors (Lipinski definition) is 6. The van der Waals surface area contributed by atoms with Gasteiger partial charge in [0, 0.05) is 12.8 Å². The van der Waals surface area contributed by atoms with Crippen molar-refractivity contribution in [1.29, 1.82) is 0 Å². The van der Waals surface area contributed by atoms with Gasteiger partial charge < -0.3 is 4.74 Å². The third kappa shape index (κ3) is 6.35. The Hall–Kier alpha value is -1.85. The maximum atomic E-state index is 13.7. The van der Waals surface area contributed by atoms with Crippen LogP contribution in [-0.2, 0) is 28.7 Å². The standard InChI is InChI=1S/C26H42O6/c1-15(2)10-12-18-22(29)21(19(27)14-17(5)6)23(30)26(18,20(28)13-11-16(3)4)32-24(31)25(7,8)9/h15-18,21H,10-14H2,1-9H3/t18-,21?,26+/m0/s1. The Balaban J connectivity index is 3.62. The lowest BCUT2D eigenvalue weighted by Gasteiger charge is -2.34. The molecule has 0 amide bonds. The van der Waals surface area contributed by atoms with E-state index in [9.17, 15) is 24.0 Å². The van der Waals surface area contributed by atoms with E-state index in [1.807, 2.05) is 41.5 Å². The van der Waals surface area contributed by atoms with Crippen LogP contribution in [0, 0.1) is 35.0 Å². The van der Waals surface area contributed by atoms with Gasteiger partial charge in [0.25, 0.3) is 0 Å². The van der Waals surface area contributed by atoms with Crippen LogP contribution in [-0.4, -0.2) is 34.7 Å². The number of carbonyl (C=O) groups is 5. The highest BCUT2D eigenvalue weighted by molar-refractivity contribution is 6.34. The molecule has 0 spiro atoms. The van der Waals surface area contributed by atoms with Crippen molar-refractivity contribution in [2.24, 2.45) is 35.0 Å². The quantitative estimate of drug-likeness (QED) is 0.333. The number of carbonyl (C=O) groups excluding carboxylic acids is 5. The molecule has 1 saturated carbocycles. The predicted octanol–water partition coefficient (Wildman–Crippen LogP) is 4.76. The monoisotopic (exact) mass is 450 g/mol. The number of esters is 1. The van der Waals surface area contributed by atoms with E-state index in [1.165, 1.54) is 0 Å². The minimum absolute atomic E-state index is 0.0113. The molecule has 182 valence electrons. The summed E-state index contributed by atoms with van der Waals surface area (Å²) in [4.78, 5) is 66.6. The number of ether oxygens (including phenoxy) is 1. The lowest BCUT2D eigenvalue weighted by Crippen LogP contribution is -2.55. The zero-order valence-corrected chi connectivity index (χ0v) is 21.4. The molecule has 0 aromatic heterocycles. The summed E-state index contributed by atoms with van der Waals surface area (Å²) >= 11 is 0. The summed E-state index contributed by atoms with van der Waals surface area (Å²) in [5.74, 6) is -5.47. The maximum Gasteiger partial charge on any atom is 0.312 e. The normalized spacial score (nSPS) is 24.0. The molecule has 1 unspecified atom stereocenters. The molecule has 1 aliphatic carbocycles. The summed E-state index contributed by atoms with van der Waals surface area (Å²) in [6.45, 7) is 16.4. The van der Waals surface area contributed by atoms with Gasteiger partial charge in [-0.3, -0.25) is 24.0 Å². The van der Waals surface area contributed by atoms with Crippen LogP contribution >= 0.6 is 0 Å². The fourth-order valence-corrected chi connectivity index (χ4v) is 4.00. The first-order valence-corrected chi connectivity index (χ1v) is 11.9. The van der Waals surface area contributed by atoms with Gasteiger partial charge in [0.05, 0.1) is 11.3 Å². The minimum atomic E-state index is -2.21.